The van der Waals surface area contributed by atoms with Gasteiger partial charge in [-0.05, 0) is 42.5 Å². The van der Waals surface area contributed by atoms with Gasteiger partial charge in [-0.15, -0.1) is 0 Å². The van der Waals surface area contributed by atoms with Crippen LogP contribution in [0, 0.1) is 0 Å². The van der Waals surface area contributed by atoms with Gasteiger partial charge in [-0.3, -0.25) is 19.3 Å². The van der Waals surface area contributed by atoms with Crippen LogP contribution in [0.2, 0.25) is 0 Å². The van der Waals surface area contributed by atoms with Gasteiger partial charge in [0.1, 0.15) is 5.76 Å². The molecule has 2 aliphatic rings. The standard InChI is InChI=1S/C23H16N2O8/c26-20(24-14-4-6-18-19(9-14)33-12-32-18)11-31-23(29)13-3-5-16-17(8-13)22(28)25(21(16)27)10-15-2-1-7-30-15/h1-9H,10-12H2,(H,24,26). The van der Waals surface area contributed by atoms with Crippen LogP contribution in [0.1, 0.15) is 36.8 Å². The fourth-order valence-corrected chi connectivity index (χ4v) is 3.51. The number of anilines is 1. The van der Waals surface area contributed by atoms with Crippen molar-refractivity contribution in [2.45, 2.75) is 6.54 Å². The molecule has 0 saturated carbocycles. The van der Waals surface area contributed by atoms with E-state index in [0.29, 0.717) is 22.9 Å². The molecule has 1 N–H and O–H groups in total. The number of amides is 3. The molecule has 3 heterocycles. The first-order valence-electron chi connectivity index (χ1n) is 9.89. The van der Waals surface area contributed by atoms with E-state index in [-0.39, 0.29) is 30.0 Å². The van der Waals surface area contributed by atoms with Crippen LogP contribution in [0.25, 0.3) is 0 Å². The molecule has 10 heteroatoms. The zero-order valence-corrected chi connectivity index (χ0v) is 17.0. The Hall–Kier alpha value is -4.60. The van der Waals surface area contributed by atoms with Crippen LogP contribution in [0.15, 0.2) is 59.2 Å². The van der Waals surface area contributed by atoms with Crippen LogP contribution in [-0.4, -0.2) is 42.0 Å². The summed E-state index contributed by atoms with van der Waals surface area (Å²) in [5.41, 5.74) is 0.777. The van der Waals surface area contributed by atoms with Crippen molar-refractivity contribution >= 4 is 29.4 Å². The van der Waals surface area contributed by atoms with Crippen molar-refractivity contribution in [1.82, 2.24) is 4.90 Å². The number of ether oxygens (including phenoxy) is 3. The summed E-state index contributed by atoms with van der Waals surface area (Å²) in [5, 5.41) is 2.59. The Morgan fingerprint density at radius 2 is 1.79 bits per heavy atom. The summed E-state index contributed by atoms with van der Waals surface area (Å²) in [6.45, 7) is -0.444. The summed E-state index contributed by atoms with van der Waals surface area (Å²) < 4.78 is 20.7. The predicted octanol–water partition coefficient (Wildman–Crippen LogP) is 2.60. The summed E-state index contributed by atoms with van der Waals surface area (Å²) in [4.78, 5) is 50.8. The highest BCUT2D eigenvalue weighted by Gasteiger charge is 2.36. The maximum Gasteiger partial charge on any atom is 0.338 e. The number of esters is 1. The number of hydrogen-bond donors (Lipinski definition) is 1. The quantitative estimate of drug-likeness (QED) is 0.451. The molecule has 166 valence electrons. The summed E-state index contributed by atoms with van der Waals surface area (Å²) in [7, 11) is 0. The fraction of sp³-hybridized carbons (Fsp3) is 0.130. The molecule has 1 aromatic heterocycles. The first kappa shape index (κ1) is 20.3. The molecule has 0 aliphatic carbocycles. The normalized spacial score (nSPS) is 13.8. The Morgan fingerprint density at radius 3 is 2.61 bits per heavy atom. The zero-order chi connectivity index (χ0) is 22.9. The molecule has 2 aromatic carbocycles. The zero-order valence-electron chi connectivity index (χ0n) is 17.0. The highest BCUT2D eigenvalue weighted by atomic mass is 16.7. The second kappa shape index (κ2) is 8.15. The van der Waals surface area contributed by atoms with E-state index in [1.807, 2.05) is 0 Å². The second-order valence-electron chi connectivity index (χ2n) is 7.23. The van der Waals surface area contributed by atoms with Gasteiger partial charge < -0.3 is 23.9 Å². The number of hydrogen-bond acceptors (Lipinski definition) is 8. The number of imide groups is 1. The third-order valence-corrected chi connectivity index (χ3v) is 5.09. The number of carbonyl (C=O) groups excluding carboxylic acids is 4. The lowest BCUT2D eigenvalue weighted by molar-refractivity contribution is -0.119. The minimum absolute atomic E-state index is 0.0147. The van der Waals surface area contributed by atoms with E-state index in [0.717, 1.165) is 4.90 Å². The van der Waals surface area contributed by atoms with E-state index < -0.39 is 30.3 Å². The molecule has 5 rings (SSSR count). The van der Waals surface area contributed by atoms with E-state index >= 15 is 0 Å². The van der Waals surface area contributed by atoms with Crippen molar-refractivity contribution in [2.24, 2.45) is 0 Å². The molecule has 33 heavy (non-hydrogen) atoms. The lowest BCUT2D eigenvalue weighted by Crippen LogP contribution is -2.28. The van der Waals surface area contributed by atoms with E-state index in [4.69, 9.17) is 18.6 Å². The molecule has 0 saturated heterocycles. The van der Waals surface area contributed by atoms with Crippen LogP contribution >= 0.6 is 0 Å². The minimum Gasteiger partial charge on any atom is -0.467 e. The number of carbonyl (C=O) groups is 4. The maximum atomic E-state index is 12.7. The first-order valence-corrected chi connectivity index (χ1v) is 9.89. The Morgan fingerprint density at radius 1 is 0.970 bits per heavy atom. The average molecular weight is 448 g/mol. The van der Waals surface area contributed by atoms with E-state index in [2.05, 4.69) is 5.32 Å². The number of nitrogens with one attached hydrogen (secondary N) is 1. The second-order valence-corrected chi connectivity index (χ2v) is 7.23. The highest BCUT2D eigenvalue weighted by molar-refractivity contribution is 6.21. The monoisotopic (exact) mass is 448 g/mol. The maximum absolute atomic E-state index is 12.7. The number of rotatable bonds is 6. The molecule has 10 nitrogen and oxygen atoms in total. The third kappa shape index (κ3) is 3.89. The van der Waals surface area contributed by atoms with Gasteiger partial charge in [0.25, 0.3) is 17.7 Å². The molecular weight excluding hydrogens is 432 g/mol. The van der Waals surface area contributed by atoms with Crippen molar-refractivity contribution < 1.29 is 37.8 Å². The molecular formula is C23H16N2O8. The SMILES string of the molecule is O=C(COC(=O)c1ccc2c(c1)C(=O)N(Cc1ccco1)C2=O)Nc1ccc2c(c1)OCO2. The fourth-order valence-electron chi connectivity index (χ4n) is 3.51. The Balaban J connectivity index is 1.21. The molecule has 0 fully saturated rings. The van der Waals surface area contributed by atoms with Crippen LogP contribution in [0.5, 0.6) is 11.5 Å². The molecule has 3 amide bonds. The molecule has 0 unspecified atom stereocenters. The molecule has 0 spiro atoms. The molecule has 2 aliphatic heterocycles. The van der Waals surface area contributed by atoms with Crippen molar-refractivity contribution in [3.8, 4) is 11.5 Å². The molecule has 0 atom stereocenters. The van der Waals surface area contributed by atoms with Gasteiger partial charge in [0, 0.05) is 11.8 Å². The molecule has 0 bridgehead atoms. The Bertz CT molecular complexity index is 1280. The van der Waals surface area contributed by atoms with Gasteiger partial charge in [0.15, 0.2) is 18.1 Å². The van der Waals surface area contributed by atoms with Crippen molar-refractivity contribution in [2.75, 3.05) is 18.7 Å². The summed E-state index contributed by atoms with van der Waals surface area (Å²) in [6.07, 6.45) is 1.45. The van der Waals surface area contributed by atoms with Crippen LogP contribution < -0.4 is 14.8 Å². The summed E-state index contributed by atoms with van der Waals surface area (Å²) >= 11 is 0. The van der Waals surface area contributed by atoms with E-state index in [1.54, 1.807) is 30.3 Å². The topological polar surface area (TPSA) is 124 Å². The lowest BCUT2D eigenvalue weighted by Gasteiger charge is -2.11. The van der Waals surface area contributed by atoms with Crippen LogP contribution in [0.4, 0.5) is 5.69 Å². The van der Waals surface area contributed by atoms with E-state index in [1.165, 1.54) is 24.5 Å². The average Bonchev–Trinajstić information content (AvgIpc) is 3.55. The van der Waals surface area contributed by atoms with Crippen molar-refractivity contribution in [3.63, 3.8) is 0 Å². The number of benzene rings is 2. The summed E-state index contributed by atoms with van der Waals surface area (Å²) in [5.74, 6) is -0.841. The predicted molar refractivity (Wildman–Crippen MR) is 111 cm³/mol. The summed E-state index contributed by atoms with van der Waals surface area (Å²) in [6, 6.07) is 12.2. The van der Waals surface area contributed by atoms with Gasteiger partial charge in [-0.2, -0.15) is 0 Å². The minimum atomic E-state index is -0.802. The lowest BCUT2D eigenvalue weighted by atomic mass is 10.1. The van der Waals surface area contributed by atoms with Gasteiger partial charge in [0.2, 0.25) is 6.79 Å². The molecule has 3 aromatic rings. The van der Waals surface area contributed by atoms with Crippen molar-refractivity contribution in [1.29, 1.82) is 0 Å². The van der Waals surface area contributed by atoms with Gasteiger partial charge >= 0.3 is 5.97 Å². The van der Waals surface area contributed by atoms with Crippen LogP contribution in [0.3, 0.4) is 0 Å². The van der Waals surface area contributed by atoms with Gasteiger partial charge in [-0.1, -0.05) is 0 Å². The largest absolute Gasteiger partial charge is 0.467 e. The number of furan rings is 1. The van der Waals surface area contributed by atoms with Crippen LogP contribution in [-0.2, 0) is 16.1 Å². The Labute approximate surface area is 186 Å². The van der Waals surface area contributed by atoms with E-state index in [9.17, 15) is 19.2 Å². The Kier molecular flexibility index (Phi) is 5.02. The number of nitrogens with zero attached hydrogens (tertiary/aromatic N) is 1. The third-order valence-electron chi connectivity index (χ3n) is 5.09. The number of fused-ring (bicyclic) bond motifs is 2. The smallest absolute Gasteiger partial charge is 0.338 e. The molecule has 0 radical (unpaired) electrons. The van der Waals surface area contributed by atoms with Gasteiger partial charge in [0.05, 0.1) is 29.5 Å². The first-order chi connectivity index (χ1) is 16.0. The van der Waals surface area contributed by atoms with Crippen molar-refractivity contribution in [3.05, 3.63) is 77.2 Å². The van der Waals surface area contributed by atoms with Gasteiger partial charge in [-0.25, -0.2) is 4.79 Å². The highest BCUT2D eigenvalue weighted by Crippen LogP contribution is 2.34.